The van der Waals surface area contributed by atoms with Crippen LogP contribution in [0.5, 0.6) is 11.5 Å². The molecule has 9 nitrogen and oxygen atoms in total. The van der Waals surface area contributed by atoms with E-state index in [9.17, 15) is 18.8 Å². The number of amides is 3. The van der Waals surface area contributed by atoms with Gasteiger partial charge >= 0.3 is 12.0 Å². The number of carbonyl (C=O) groups excluding carboxylic acids is 3. The summed E-state index contributed by atoms with van der Waals surface area (Å²) in [5, 5.41) is 4.49. The number of nitrogens with one attached hydrogen (secondary N) is 2. The number of urea groups is 1. The predicted octanol–water partition coefficient (Wildman–Crippen LogP) is 3.51. The summed E-state index contributed by atoms with van der Waals surface area (Å²) in [5.41, 5.74) is 0.444. The Labute approximate surface area is 182 Å². The van der Waals surface area contributed by atoms with E-state index in [1.54, 1.807) is 24.3 Å². The van der Waals surface area contributed by atoms with E-state index in [0.29, 0.717) is 22.9 Å². The number of methoxy groups -OCH3 is 1. The maximum Gasteiger partial charge on any atom is 0.374 e. The van der Waals surface area contributed by atoms with Crippen molar-refractivity contribution >= 4 is 23.6 Å². The van der Waals surface area contributed by atoms with Crippen LogP contribution in [0.25, 0.3) is 0 Å². The van der Waals surface area contributed by atoms with Crippen molar-refractivity contribution in [1.82, 2.24) is 5.32 Å². The first kappa shape index (κ1) is 22.3. The topological polar surface area (TPSA) is 116 Å². The summed E-state index contributed by atoms with van der Waals surface area (Å²) in [4.78, 5) is 35.7. The van der Waals surface area contributed by atoms with Crippen LogP contribution < -0.4 is 20.1 Å². The van der Waals surface area contributed by atoms with Crippen LogP contribution in [0.3, 0.4) is 0 Å². The van der Waals surface area contributed by atoms with Crippen molar-refractivity contribution in [2.75, 3.05) is 19.0 Å². The van der Waals surface area contributed by atoms with Gasteiger partial charge < -0.3 is 23.9 Å². The van der Waals surface area contributed by atoms with Gasteiger partial charge in [-0.1, -0.05) is 0 Å². The first-order valence-electron chi connectivity index (χ1n) is 9.32. The van der Waals surface area contributed by atoms with E-state index < -0.39 is 24.5 Å². The van der Waals surface area contributed by atoms with Gasteiger partial charge in [0.05, 0.1) is 7.11 Å². The number of halogens is 1. The number of anilines is 1. The Morgan fingerprint density at radius 1 is 0.938 bits per heavy atom. The number of hydrogen-bond donors (Lipinski definition) is 2. The fourth-order valence-electron chi connectivity index (χ4n) is 2.45. The number of rotatable bonds is 8. The van der Waals surface area contributed by atoms with Crippen molar-refractivity contribution in [2.24, 2.45) is 0 Å². The van der Waals surface area contributed by atoms with Crippen molar-refractivity contribution in [3.8, 4) is 11.5 Å². The molecule has 3 aromatic rings. The third-order valence-electron chi connectivity index (χ3n) is 3.99. The van der Waals surface area contributed by atoms with Crippen LogP contribution in [0.15, 0.2) is 65.1 Å². The minimum Gasteiger partial charge on any atom is -0.497 e. The molecule has 0 aliphatic carbocycles. The van der Waals surface area contributed by atoms with E-state index in [1.807, 2.05) is 5.32 Å². The summed E-state index contributed by atoms with van der Waals surface area (Å²) in [7, 11) is 1.51. The van der Waals surface area contributed by atoms with Crippen LogP contribution >= 0.6 is 0 Å². The average molecular weight is 442 g/mol. The second-order valence-corrected chi connectivity index (χ2v) is 6.32. The Kier molecular flexibility index (Phi) is 7.42. The van der Waals surface area contributed by atoms with Crippen LogP contribution in [0.2, 0.25) is 0 Å². The normalized spacial score (nSPS) is 10.2. The first-order valence-corrected chi connectivity index (χ1v) is 9.32. The van der Waals surface area contributed by atoms with E-state index in [-0.39, 0.29) is 18.2 Å². The highest BCUT2D eigenvalue weighted by Crippen LogP contribution is 2.16. The number of imide groups is 1. The molecule has 3 amide bonds. The standard InChI is InChI=1S/C22H19FN2O7/c1-29-16-8-4-15(5-9-16)24-22(28)25-20(26)13-31-21(27)19-11-10-18(32-19)12-30-17-6-2-14(23)3-7-17/h2-11H,12-13H2,1H3,(H2,24,25,26,28). The van der Waals surface area contributed by atoms with Crippen molar-refractivity contribution in [1.29, 1.82) is 0 Å². The van der Waals surface area contributed by atoms with Crippen LogP contribution in [0, 0.1) is 5.82 Å². The van der Waals surface area contributed by atoms with Crippen LogP contribution in [0.1, 0.15) is 16.3 Å². The summed E-state index contributed by atoms with van der Waals surface area (Å²) in [5.74, 6) is -0.872. The molecule has 32 heavy (non-hydrogen) atoms. The van der Waals surface area contributed by atoms with Crippen LogP contribution in [-0.4, -0.2) is 31.6 Å². The van der Waals surface area contributed by atoms with E-state index in [2.05, 4.69) is 5.32 Å². The second kappa shape index (κ2) is 10.6. The monoisotopic (exact) mass is 442 g/mol. The highest BCUT2D eigenvalue weighted by atomic mass is 19.1. The van der Waals surface area contributed by atoms with Gasteiger partial charge in [-0.05, 0) is 60.7 Å². The van der Waals surface area contributed by atoms with Gasteiger partial charge in [-0.15, -0.1) is 0 Å². The molecule has 0 aliphatic rings. The fourth-order valence-corrected chi connectivity index (χ4v) is 2.45. The molecule has 0 saturated carbocycles. The quantitative estimate of drug-likeness (QED) is 0.513. The molecule has 0 radical (unpaired) electrons. The summed E-state index contributed by atoms with van der Waals surface area (Å²) < 4.78 is 33.5. The Hall–Kier alpha value is -4.34. The first-order chi connectivity index (χ1) is 15.4. The maximum atomic E-state index is 12.9. The van der Waals surface area contributed by atoms with Gasteiger partial charge in [0, 0.05) is 5.69 Å². The molecule has 2 aromatic carbocycles. The zero-order valence-electron chi connectivity index (χ0n) is 16.9. The number of hydrogen-bond acceptors (Lipinski definition) is 7. The molecule has 0 fully saturated rings. The molecule has 0 saturated heterocycles. The molecule has 0 atom stereocenters. The average Bonchev–Trinajstić information content (AvgIpc) is 3.27. The molecule has 1 aromatic heterocycles. The smallest absolute Gasteiger partial charge is 0.374 e. The molecule has 1 heterocycles. The lowest BCUT2D eigenvalue weighted by Gasteiger charge is -2.07. The van der Waals surface area contributed by atoms with Gasteiger partial charge in [0.1, 0.15) is 29.7 Å². The van der Waals surface area contributed by atoms with Gasteiger partial charge in [-0.3, -0.25) is 10.1 Å². The molecule has 0 spiro atoms. The Bertz CT molecular complexity index is 1080. The maximum absolute atomic E-state index is 12.9. The van der Waals surface area contributed by atoms with Crippen molar-refractivity contribution < 1.29 is 37.4 Å². The minimum absolute atomic E-state index is 0.00489. The number of benzene rings is 2. The largest absolute Gasteiger partial charge is 0.497 e. The summed E-state index contributed by atoms with van der Waals surface area (Å²) in [6.07, 6.45) is 0. The zero-order valence-corrected chi connectivity index (χ0v) is 16.9. The predicted molar refractivity (Wildman–Crippen MR) is 110 cm³/mol. The SMILES string of the molecule is COc1ccc(NC(=O)NC(=O)COC(=O)c2ccc(COc3ccc(F)cc3)o2)cc1. The lowest BCUT2D eigenvalue weighted by molar-refractivity contribution is -0.123. The van der Waals surface area contributed by atoms with E-state index in [0.717, 1.165) is 0 Å². The Morgan fingerprint density at radius 3 is 2.31 bits per heavy atom. The summed E-state index contributed by atoms with van der Waals surface area (Å²) in [6.45, 7) is -0.679. The molecule has 0 bridgehead atoms. The van der Waals surface area contributed by atoms with Crippen molar-refractivity contribution in [2.45, 2.75) is 6.61 Å². The van der Waals surface area contributed by atoms with Gasteiger partial charge in [-0.25, -0.2) is 14.0 Å². The number of carbonyl (C=O) groups is 3. The van der Waals surface area contributed by atoms with Gasteiger partial charge in [0.15, 0.2) is 6.61 Å². The summed E-state index contributed by atoms with van der Waals surface area (Å²) in [6, 6.07) is 14.0. The minimum atomic E-state index is -0.885. The highest BCUT2D eigenvalue weighted by molar-refractivity contribution is 6.02. The van der Waals surface area contributed by atoms with Crippen LogP contribution in [-0.2, 0) is 16.1 Å². The van der Waals surface area contributed by atoms with E-state index in [1.165, 1.54) is 43.5 Å². The Balaban J connectivity index is 1.41. The molecule has 10 heteroatoms. The highest BCUT2D eigenvalue weighted by Gasteiger charge is 2.16. The molecular formula is C22H19FN2O7. The molecule has 0 aliphatic heterocycles. The van der Waals surface area contributed by atoms with Crippen molar-refractivity contribution in [3.05, 3.63) is 78.0 Å². The fraction of sp³-hybridized carbons (Fsp3) is 0.136. The number of ether oxygens (including phenoxy) is 3. The molecule has 166 valence electrons. The third kappa shape index (κ3) is 6.59. The molecular weight excluding hydrogens is 423 g/mol. The lowest BCUT2D eigenvalue weighted by Crippen LogP contribution is -2.37. The second-order valence-electron chi connectivity index (χ2n) is 6.32. The lowest BCUT2D eigenvalue weighted by atomic mass is 10.3. The van der Waals surface area contributed by atoms with E-state index in [4.69, 9.17) is 18.6 Å². The van der Waals surface area contributed by atoms with Gasteiger partial charge in [0.25, 0.3) is 5.91 Å². The molecule has 0 unspecified atom stereocenters. The van der Waals surface area contributed by atoms with Gasteiger partial charge in [-0.2, -0.15) is 0 Å². The molecule has 2 N–H and O–H groups in total. The third-order valence-corrected chi connectivity index (χ3v) is 3.99. The van der Waals surface area contributed by atoms with Gasteiger partial charge in [0.2, 0.25) is 5.76 Å². The van der Waals surface area contributed by atoms with Crippen LogP contribution in [0.4, 0.5) is 14.9 Å². The van der Waals surface area contributed by atoms with E-state index >= 15 is 0 Å². The molecule has 3 rings (SSSR count). The Morgan fingerprint density at radius 2 is 1.62 bits per heavy atom. The summed E-state index contributed by atoms with van der Waals surface area (Å²) >= 11 is 0. The van der Waals surface area contributed by atoms with Crippen molar-refractivity contribution in [3.63, 3.8) is 0 Å². The number of furan rings is 1. The zero-order chi connectivity index (χ0) is 22.9. The number of esters is 1.